The van der Waals surface area contributed by atoms with Crippen LogP contribution in [0.4, 0.5) is 0 Å². The Morgan fingerprint density at radius 2 is 2.35 bits per heavy atom. The van der Waals surface area contributed by atoms with Gasteiger partial charge in [-0.25, -0.2) is 0 Å². The average Bonchev–Trinajstić information content (AvgIpc) is 2.79. The molecule has 6 heteroatoms. The number of aliphatic hydroxyl groups excluding tert-OH is 1. The molecule has 0 radical (unpaired) electrons. The van der Waals surface area contributed by atoms with Crippen LogP contribution >= 0.6 is 0 Å². The van der Waals surface area contributed by atoms with Gasteiger partial charge in [0.15, 0.2) is 0 Å². The lowest BCUT2D eigenvalue weighted by atomic mass is 9.99. The number of allylic oxidation sites excluding steroid dienone is 2. The lowest BCUT2D eigenvalue weighted by Crippen LogP contribution is -2.38. The van der Waals surface area contributed by atoms with Crippen molar-refractivity contribution in [3.8, 4) is 0 Å². The van der Waals surface area contributed by atoms with Crippen molar-refractivity contribution in [1.82, 2.24) is 10.2 Å². The van der Waals surface area contributed by atoms with Gasteiger partial charge in [0.05, 0.1) is 18.3 Å². The molecule has 1 aliphatic heterocycles. The molecule has 108 valence electrons. The highest BCUT2D eigenvalue weighted by atomic mass is 16.3. The molecule has 6 nitrogen and oxygen atoms in total. The highest BCUT2D eigenvalue weighted by molar-refractivity contribution is 6.03. The quantitative estimate of drug-likeness (QED) is 0.715. The van der Waals surface area contributed by atoms with E-state index in [0.717, 1.165) is 0 Å². The maximum atomic E-state index is 12.3. The Kier molecular flexibility index (Phi) is 4.22. The topological polar surface area (TPSA) is 86.7 Å². The van der Waals surface area contributed by atoms with Crippen molar-refractivity contribution in [1.29, 1.82) is 0 Å². The lowest BCUT2D eigenvalue weighted by molar-refractivity contribution is -0.131. The van der Waals surface area contributed by atoms with Gasteiger partial charge in [0.25, 0.3) is 5.91 Å². The molecule has 1 heterocycles. The summed E-state index contributed by atoms with van der Waals surface area (Å²) in [5, 5.41) is 12.3. The fourth-order valence-electron chi connectivity index (χ4n) is 2.54. The molecule has 0 aromatic heterocycles. The zero-order chi connectivity index (χ0) is 14.7. The van der Waals surface area contributed by atoms with Crippen LogP contribution < -0.4 is 5.32 Å². The van der Waals surface area contributed by atoms with Crippen LogP contribution in [-0.4, -0.2) is 47.7 Å². The minimum Gasteiger partial charge on any atom is -0.512 e. The first-order chi connectivity index (χ1) is 9.58. The Morgan fingerprint density at radius 1 is 1.60 bits per heavy atom. The molecule has 0 aromatic rings. The molecule has 0 bridgehead atoms. The average molecular weight is 278 g/mol. The fourth-order valence-corrected chi connectivity index (χ4v) is 2.54. The Hall–Kier alpha value is -2.11. The van der Waals surface area contributed by atoms with E-state index in [4.69, 9.17) is 0 Å². The molecule has 0 saturated carbocycles. The summed E-state index contributed by atoms with van der Waals surface area (Å²) in [4.78, 5) is 36.1. The molecule has 1 aliphatic carbocycles. The predicted octanol–water partition coefficient (Wildman–Crippen LogP) is 0.455. The van der Waals surface area contributed by atoms with E-state index in [1.54, 1.807) is 6.08 Å². The Bertz CT molecular complexity index is 507. The lowest BCUT2D eigenvalue weighted by Gasteiger charge is -2.22. The van der Waals surface area contributed by atoms with Gasteiger partial charge in [-0.15, -0.1) is 0 Å². The first-order valence-corrected chi connectivity index (χ1v) is 6.66. The van der Waals surface area contributed by atoms with Gasteiger partial charge in [-0.05, 0) is 12.8 Å². The molecule has 1 unspecified atom stereocenters. The zero-order valence-electron chi connectivity index (χ0n) is 11.4. The summed E-state index contributed by atoms with van der Waals surface area (Å²) < 4.78 is 0. The maximum absolute atomic E-state index is 12.3. The number of carbonyl (C=O) groups is 3. The van der Waals surface area contributed by atoms with Gasteiger partial charge in [-0.2, -0.15) is 0 Å². The minimum atomic E-state index is -0.633. The highest BCUT2D eigenvalue weighted by Gasteiger charge is 2.37. The molecule has 1 atom stereocenters. The summed E-state index contributed by atoms with van der Waals surface area (Å²) in [6.07, 6.45) is 4.14. The molecule has 1 saturated heterocycles. The second kappa shape index (κ2) is 5.90. The molecular formula is C14H18N2O4. The number of hydrogen-bond acceptors (Lipinski definition) is 4. The fraction of sp³-hybridized carbons (Fsp3) is 0.500. The summed E-state index contributed by atoms with van der Waals surface area (Å²) in [5.74, 6) is -0.170. The van der Waals surface area contributed by atoms with Crippen molar-refractivity contribution in [2.24, 2.45) is 0 Å². The number of amides is 2. The van der Waals surface area contributed by atoms with Crippen molar-refractivity contribution in [2.75, 3.05) is 13.6 Å². The number of likely N-dealkylation sites (tertiary alicyclic amines) is 1. The maximum Gasteiger partial charge on any atom is 0.254 e. The van der Waals surface area contributed by atoms with Crippen molar-refractivity contribution >= 4 is 18.1 Å². The Labute approximate surface area is 117 Å². The molecule has 0 spiro atoms. The second-order valence-electron chi connectivity index (χ2n) is 4.93. The minimum absolute atomic E-state index is 0.165. The first kappa shape index (κ1) is 14.3. The van der Waals surface area contributed by atoms with Crippen LogP contribution in [0.3, 0.4) is 0 Å². The zero-order valence-corrected chi connectivity index (χ0v) is 11.4. The summed E-state index contributed by atoms with van der Waals surface area (Å²) in [6, 6.07) is -0.633. The van der Waals surface area contributed by atoms with Crippen molar-refractivity contribution in [3.63, 3.8) is 0 Å². The summed E-state index contributed by atoms with van der Waals surface area (Å²) in [6.45, 7) is 0.244. The number of nitrogens with one attached hydrogen (secondary N) is 1. The molecule has 1 fully saturated rings. The monoisotopic (exact) mass is 278 g/mol. The number of carbonyl (C=O) groups excluding carboxylic acids is 3. The van der Waals surface area contributed by atoms with Crippen LogP contribution in [0.15, 0.2) is 23.0 Å². The van der Waals surface area contributed by atoms with Crippen LogP contribution in [0, 0.1) is 0 Å². The molecular weight excluding hydrogens is 260 g/mol. The van der Waals surface area contributed by atoms with Crippen molar-refractivity contribution in [2.45, 2.75) is 31.7 Å². The summed E-state index contributed by atoms with van der Waals surface area (Å²) in [5.41, 5.74) is 1.12. The van der Waals surface area contributed by atoms with Gasteiger partial charge >= 0.3 is 0 Å². The molecule has 2 aliphatic rings. The van der Waals surface area contributed by atoms with E-state index in [-0.39, 0.29) is 37.0 Å². The third-order valence-corrected chi connectivity index (χ3v) is 3.73. The van der Waals surface area contributed by atoms with E-state index in [1.165, 1.54) is 11.9 Å². The first-order valence-electron chi connectivity index (χ1n) is 6.66. The van der Waals surface area contributed by atoms with Gasteiger partial charge < -0.3 is 20.1 Å². The van der Waals surface area contributed by atoms with E-state index in [0.29, 0.717) is 30.3 Å². The number of aldehydes is 1. The number of hydrogen-bond donors (Lipinski definition) is 2. The van der Waals surface area contributed by atoms with Gasteiger partial charge in [0.2, 0.25) is 5.91 Å². The summed E-state index contributed by atoms with van der Waals surface area (Å²) in [7, 11) is 1.53. The van der Waals surface area contributed by atoms with Crippen LogP contribution in [0.2, 0.25) is 0 Å². The van der Waals surface area contributed by atoms with E-state index >= 15 is 0 Å². The third kappa shape index (κ3) is 2.59. The Balaban J connectivity index is 2.12. The van der Waals surface area contributed by atoms with Gasteiger partial charge in [0, 0.05) is 31.0 Å². The largest absolute Gasteiger partial charge is 0.512 e. The summed E-state index contributed by atoms with van der Waals surface area (Å²) >= 11 is 0. The highest BCUT2D eigenvalue weighted by Crippen LogP contribution is 2.32. The predicted molar refractivity (Wildman–Crippen MR) is 71.8 cm³/mol. The van der Waals surface area contributed by atoms with Gasteiger partial charge in [-0.1, -0.05) is 6.08 Å². The van der Waals surface area contributed by atoms with Crippen molar-refractivity contribution < 1.29 is 19.5 Å². The standard InChI is InChI=1S/C14H18N2O4/c1-15-13(19)6-5-9(8-17)16-7-11-10(14(16)20)3-2-4-12(11)18/h3,8-9,18H,2,4-7H2,1H3,(H,15,19). The smallest absolute Gasteiger partial charge is 0.254 e. The van der Waals surface area contributed by atoms with Crippen LogP contribution in [0.5, 0.6) is 0 Å². The van der Waals surface area contributed by atoms with Gasteiger partial charge in [0.1, 0.15) is 6.29 Å². The Morgan fingerprint density at radius 3 is 2.95 bits per heavy atom. The molecule has 2 amide bonds. The van der Waals surface area contributed by atoms with E-state index in [2.05, 4.69) is 5.32 Å². The number of aliphatic hydroxyl groups is 1. The van der Waals surface area contributed by atoms with Crippen LogP contribution in [0.1, 0.15) is 25.7 Å². The van der Waals surface area contributed by atoms with Crippen molar-refractivity contribution in [3.05, 3.63) is 23.0 Å². The van der Waals surface area contributed by atoms with Crippen LogP contribution in [0.25, 0.3) is 0 Å². The normalized spacial score (nSPS) is 19.6. The van der Waals surface area contributed by atoms with E-state index < -0.39 is 6.04 Å². The molecule has 0 aromatic carbocycles. The molecule has 2 N–H and O–H groups in total. The van der Waals surface area contributed by atoms with E-state index in [9.17, 15) is 19.5 Å². The number of nitrogens with zero attached hydrogens (tertiary/aromatic N) is 1. The third-order valence-electron chi connectivity index (χ3n) is 3.73. The second-order valence-corrected chi connectivity index (χ2v) is 4.93. The number of fused-ring (bicyclic) bond motifs is 1. The number of rotatable bonds is 5. The van der Waals surface area contributed by atoms with E-state index in [1.807, 2.05) is 0 Å². The molecule has 2 rings (SSSR count). The molecule has 20 heavy (non-hydrogen) atoms. The van der Waals surface area contributed by atoms with Crippen LogP contribution in [-0.2, 0) is 14.4 Å². The van der Waals surface area contributed by atoms with Gasteiger partial charge in [-0.3, -0.25) is 9.59 Å². The SMILES string of the molecule is CNC(=O)CCC(C=O)N1CC2=C(O)CCC=C2C1=O.